The number of carbonyl (C=O) groups is 2. The first kappa shape index (κ1) is 25.0. The van der Waals surface area contributed by atoms with Crippen molar-refractivity contribution in [3.05, 3.63) is 12.2 Å². The molecule has 4 aliphatic rings. The Bertz CT molecular complexity index is 783. The molecule has 3 nitrogen and oxygen atoms in total. The van der Waals surface area contributed by atoms with Crippen molar-refractivity contribution in [2.24, 2.45) is 58.2 Å². The second-order valence-corrected chi connectivity index (χ2v) is 13.3. The van der Waals surface area contributed by atoms with Crippen molar-refractivity contribution in [1.82, 2.24) is 0 Å². The van der Waals surface area contributed by atoms with E-state index >= 15 is 0 Å². The maximum atomic E-state index is 12.3. The summed E-state index contributed by atoms with van der Waals surface area (Å²) in [7, 11) is 0. The number of hydrogen-bond donors (Lipinski definition) is 0. The molecule has 0 amide bonds. The van der Waals surface area contributed by atoms with Gasteiger partial charge in [-0.15, -0.1) is 0 Å². The lowest BCUT2D eigenvalue weighted by Gasteiger charge is -2.61. The molecule has 0 N–H and O–H groups in total. The van der Waals surface area contributed by atoms with Gasteiger partial charge in [-0.25, -0.2) is 0 Å². The van der Waals surface area contributed by atoms with Crippen molar-refractivity contribution in [2.75, 3.05) is 0 Å². The molecule has 0 unspecified atom stereocenters. The van der Waals surface area contributed by atoms with Gasteiger partial charge in [0, 0.05) is 19.3 Å². The van der Waals surface area contributed by atoms with E-state index in [1.165, 1.54) is 32.1 Å². The van der Waals surface area contributed by atoms with Gasteiger partial charge in [0.1, 0.15) is 6.10 Å². The van der Waals surface area contributed by atoms with E-state index in [-0.39, 0.29) is 28.7 Å². The average molecular weight is 457 g/mol. The lowest BCUT2D eigenvalue weighted by Crippen LogP contribution is -2.59. The molecular formula is C30H48O3. The first-order valence-electron chi connectivity index (χ1n) is 13.9. The van der Waals surface area contributed by atoms with Crippen LogP contribution in [0.2, 0.25) is 0 Å². The van der Waals surface area contributed by atoms with Crippen LogP contribution in [0, 0.1) is 58.2 Å². The van der Waals surface area contributed by atoms with Crippen LogP contribution >= 0.6 is 0 Å². The minimum atomic E-state index is -0.143. The first-order chi connectivity index (χ1) is 15.5. The molecular weight excluding hydrogens is 408 g/mol. The molecule has 0 aromatic rings. The summed E-state index contributed by atoms with van der Waals surface area (Å²) in [5.74, 6) is 5.14. The van der Waals surface area contributed by atoms with E-state index in [0.717, 1.165) is 36.5 Å². The molecule has 0 aromatic carbocycles. The SMILES string of the molecule is CC(=O)O[C@@H]1C[C@]2(C)[C@@H]([C@H](C)CC[C@H](C)C(C)C)CC[C@H]2[C@@H]2CC[C@H]3CC(=O)C=C[C@]3(C)[C@H]21. The maximum absolute atomic E-state index is 12.3. The summed E-state index contributed by atoms with van der Waals surface area (Å²) >= 11 is 0. The minimum absolute atomic E-state index is 0.0261. The third-order valence-electron chi connectivity index (χ3n) is 11.2. The van der Waals surface area contributed by atoms with E-state index in [1.54, 1.807) is 6.92 Å². The zero-order chi connectivity index (χ0) is 24.1. The Morgan fingerprint density at radius 1 is 1.09 bits per heavy atom. The molecule has 3 fully saturated rings. The summed E-state index contributed by atoms with van der Waals surface area (Å²) in [6.45, 7) is 16.1. The van der Waals surface area contributed by atoms with Crippen LogP contribution in [0.5, 0.6) is 0 Å². The highest BCUT2D eigenvalue weighted by Gasteiger charge is 2.63. The van der Waals surface area contributed by atoms with Gasteiger partial charge >= 0.3 is 5.97 Å². The fraction of sp³-hybridized carbons (Fsp3) is 0.867. The second kappa shape index (κ2) is 9.15. The van der Waals surface area contributed by atoms with Crippen molar-refractivity contribution in [3.8, 4) is 0 Å². The van der Waals surface area contributed by atoms with Crippen LogP contribution in [0.4, 0.5) is 0 Å². The van der Waals surface area contributed by atoms with Crippen LogP contribution in [0.25, 0.3) is 0 Å². The van der Waals surface area contributed by atoms with Gasteiger partial charge in [0.15, 0.2) is 5.78 Å². The number of ketones is 1. The van der Waals surface area contributed by atoms with Gasteiger partial charge in [-0.2, -0.15) is 0 Å². The molecule has 3 saturated carbocycles. The quantitative estimate of drug-likeness (QED) is 0.396. The summed E-state index contributed by atoms with van der Waals surface area (Å²) in [4.78, 5) is 24.5. The van der Waals surface area contributed by atoms with E-state index in [1.807, 2.05) is 6.08 Å². The Morgan fingerprint density at radius 2 is 1.82 bits per heavy atom. The summed E-state index contributed by atoms with van der Waals surface area (Å²) in [5, 5.41) is 0. The lowest BCUT2D eigenvalue weighted by atomic mass is 9.44. The largest absolute Gasteiger partial charge is 0.462 e. The molecule has 0 saturated heterocycles. The summed E-state index contributed by atoms with van der Waals surface area (Å²) < 4.78 is 6.18. The third kappa shape index (κ3) is 4.36. The monoisotopic (exact) mass is 456 g/mol. The average Bonchev–Trinajstić information content (AvgIpc) is 3.08. The molecule has 0 aliphatic heterocycles. The topological polar surface area (TPSA) is 43.4 Å². The number of esters is 1. The van der Waals surface area contributed by atoms with Gasteiger partial charge < -0.3 is 4.74 Å². The zero-order valence-corrected chi connectivity index (χ0v) is 22.2. The molecule has 0 bridgehead atoms. The highest BCUT2D eigenvalue weighted by atomic mass is 16.5. The van der Waals surface area contributed by atoms with Gasteiger partial charge in [0.2, 0.25) is 0 Å². The zero-order valence-electron chi connectivity index (χ0n) is 22.2. The van der Waals surface area contributed by atoms with Crippen LogP contribution in [-0.4, -0.2) is 17.9 Å². The molecule has 10 atom stereocenters. The highest BCUT2D eigenvalue weighted by Crippen LogP contribution is 2.68. The maximum Gasteiger partial charge on any atom is 0.302 e. The fourth-order valence-electron chi connectivity index (χ4n) is 9.08. The molecule has 186 valence electrons. The van der Waals surface area contributed by atoms with E-state index in [2.05, 4.69) is 47.6 Å². The minimum Gasteiger partial charge on any atom is -0.462 e. The predicted octanol–water partition coefficient (Wildman–Crippen LogP) is 7.24. The highest BCUT2D eigenvalue weighted by molar-refractivity contribution is 5.91. The molecule has 4 rings (SSSR count). The Kier molecular flexibility index (Phi) is 6.93. The van der Waals surface area contributed by atoms with Crippen LogP contribution in [0.15, 0.2) is 12.2 Å². The molecule has 4 aliphatic carbocycles. The van der Waals surface area contributed by atoms with Crippen molar-refractivity contribution >= 4 is 11.8 Å². The number of carbonyl (C=O) groups excluding carboxylic acids is 2. The normalized spacial score (nSPS) is 44.1. The van der Waals surface area contributed by atoms with E-state index in [0.29, 0.717) is 30.1 Å². The summed E-state index contributed by atoms with van der Waals surface area (Å²) in [5.41, 5.74) is 0.216. The number of rotatable bonds is 6. The van der Waals surface area contributed by atoms with E-state index < -0.39 is 0 Å². The number of allylic oxidation sites excluding steroid dienone is 2. The predicted molar refractivity (Wildman–Crippen MR) is 133 cm³/mol. The summed E-state index contributed by atoms with van der Waals surface area (Å²) in [6, 6.07) is 0. The lowest BCUT2D eigenvalue weighted by molar-refractivity contribution is -0.184. The summed E-state index contributed by atoms with van der Waals surface area (Å²) in [6.07, 6.45) is 13.3. The van der Waals surface area contributed by atoms with E-state index in [9.17, 15) is 9.59 Å². The van der Waals surface area contributed by atoms with Crippen molar-refractivity contribution in [3.63, 3.8) is 0 Å². The molecule has 3 heteroatoms. The van der Waals surface area contributed by atoms with Gasteiger partial charge in [0.25, 0.3) is 0 Å². The molecule has 0 heterocycles. The third-order valence-corrected chi connectivity index (χ3v) is 11.2. The molecule has 0 spiro atoms. The Hall–Kier alpha value is -1.12. The van der Waals surface area contributed by atoms with Crippen molar-refractivity contribution < 1.29 is 14.3 Å². The van der Waals surface area contributed by atoms with Gasteiger partial charge in [-0.3, -0.25) is 9.59 Å². The van der Waals surface area contributed by atoms with Gasteiger partial charge in [-0.1, -0.05) is 60.5 Å². The van der Waals surface area contributed by atoms with Crippen LogP contribution in [0.1, 0.15) is 99.8 Å². The number of hydrogen-bond acceptors (Lipinski definition) is 3. The van der Waals surface area contributed by atoms with Crippen LogP contribution in [-0.2, 0) is 14.3 Å². The standard InChI is InChI=1S/C30H48O3/c1-18(2)19(3)8-9-20(4)25-12-13-26-24-11-10-22-16-23(32)14-15-29(22,6)28(24)27(33-21(5)31)17-30(25,26)7/h14-15,18-20,22,24-28H,8-13,16-17H2,1-7H3/t19-,20+,22-,24-,25+,26-,27+,28+,29-,30+/m0/s1. The smallest absolute Gasteiger partial charge is 0.302 e. The molecule has 0 aromatic heterocycles. The number of fused-ring (bicyclic) bond motifs is 5. The van der Waals surface area contributed by atoms with Crippen LogP contribution in [0.3, 0.4) is 0 Å². The Balaban J connectivity index is 1.61. The Labute approximate surface area is 202 Å². The first-order valence-corrected chi connectivity index (χ1v) is 13.9. The van der Waals surface area contributed by atoms with Gasteiger partial charge in [-0.05, 0) is 90.4 Å². The van der Waals surface area contributed by atoms with Crippen molar-refractivity contribution in [1.29, 1.82) is 0 Å². The molecule has 0 radical (unpaired) electrons. The number of ether oxygens (including phenoxy) is 1. The Morgan fingerprint density at radius 3 is 2.48 bits per heavy atom. The second-order valence-electron chi connectivity index (χ2n) is 13.3. The van der Waals surface area contributed by atoms with Gasteiger partial charge in [0.05, 0.1) is 0 Å². The van der Waals surface area contributed by atoms with Crippen molar-refractivity contribution in [2.45, 2.75) is 106 Å². The fourth-order valence-corrected chi connectivity index (χ4v) is 9.08. The van der Waals surface area contributed by atoms with Crippen LogP contribution < -0.4 is 0 Å². The van der Waals surface area contributed by atoms with E-state index in [4.69, 9.17) is 4.74 Å². The molecule has 33 heavy (non-hydrogen) atoms.